The van der Waals surface area contributed by atoms with Crippen LogP contribution in [0.3, 0.4) is 0 Å². The van der Waals surface area contributed by atoms with Gasteiger partial charge in [-0.25, -0.2) is 0 Å². The average Bonchev–Trinajstić information content (AvgIpc) is 2.57. The molecule has 0 amide bonds. The molecule has 0 rings (SSSR count). The summed E-state index contributed by atoms with van der Waals surface area (Å²) in [6.07, 6.45) is 10.7. The highest BCUT2D eigenvalue weighted by Crippen LogP contribution is 2.39. The van der Waals surface area contributed by atoms with Crippen molar-refractivity contribution in [3.8, 4) is 0 Å². The van der Waals surface area contributed by atoms with Crippen LogP contribution in [-0.4, -0.2) is 31.4 Å². The first kappa shape index (κ1) is 27.7. The van der Waals surface area contributed by atoms with Crippen LogP contribution in [0.5, 0.6) is 0 Å². The highest BCUT2D eigenvalue weighted by atomic mass is 127. The van der Waals surface area contributed by atoms with Gasteiger partial charge in [0.2, 0.25) is 0 Å². The van der Waals surface area contributed by atoms with E-state index in [1.807, 2.05) is 13.0 Å². The van der Waals surface area contributed by atoms with E-state index in [1.165, 1.54) is 0 Å². The number of Topliss-reactive ketones (excluding diaryl/α,β-unsaturated/α-hetero) is 1. The smallest absolute Gasteiger partial charge is 0.191 e. The fraction of sp³-hybridized carbons (Fsp3) is 0.739. The van der Waals surface area contributed by atoms with E-state index in [-0.39, 0.29) is 22.2 Å². The number of halogens is 1. The minimum absolute atomic E-state index is 0.00639. The van der Waals surface area contributed by atoms with Gasteiger partial charge in [0.25, 0.3) is 0 Å². The number of carbonyl (C=O) groups is 2. The summed E-state index contributed by atoms with van der Waals surface area (Å²) in [6, 6.07) is 0. The highest BCUT2D eigenvalue weighted by Gasteiger charge is 2.37. The molecule has 0 bridgehead atoms. The van der Waals surface area contributed by atoms with Crippen LogP contribution in [0.2, 0.25) is 18.1 Å². The van der Waals surface area contributed by atoms with Gasteiger partial charge in [-0.1, -0.05) is 68.5 Å². The third-order valence-corrected chi connectivity index (χ3v) is 11.2. The van der Waals surface area contributed by atoms with E-state index in [1.54, 1.807) is 6.92 Å². The maximum absolute atomic E-state index is 12.3. The third-order valence-electron chi connectivity index (χ3n) is 6.07. The van der Waals surface area contributed by atoms with Crippen LogP contribution in [0.25, 0.3) is 0 Å². The summed E-state index contributed by atoms with van der Waals surface area (Å²) >= 11 is 2.35. The molecule has 0 heterocycles. The molecule has 0 saturated heterocycles. The van der Waals surface area contributed by atoms with E-state index < -0.39 is 8.32 Å². The molecule has 3 nitrogen and oxygen atoms in total. The zero-order valence-corrected chi connectivity index (χ0v) is 22.4. The first-order chi connectivity index (χ1) is 12.8. The van der Waals surface area contributed by atoms with Gasteiger partial charge in [-0.15, -0.1) is 0 Å². The van der Waals surface area contributed by atoms with Crippen molar-refractivity contribution in [2.45, 2.75) is 85.4 Å². The summed E-state index contributed by atoms with van der Waals surface area (Å²) in [5.74, 6) is 0.254. The summed E-state index contributed by atoms with van der Waals surface area (Å²) in [6.45, 7) is 17.7. The number of alkyl halides is 1. The first-order valence-electron chi connectivity index (χ1n) is 10.3. The highest BCUT2D eigenvalue weighted by molar-refractivity contribution is 14.1. The molecule has 0 aliphatic rings. The van der Waals surface area contributed by atoms with Gasteiger partial charge in [0.15, 0.2) is 8.32 Å². The van der Waals surface area contributed by atoms with Gasteiger partial charge >= 0.3 is 0 Å². The Balaban J connectivity index is 5.17. The van der Waals surface area contributed by atoms with Crippen molar-refractivity contribution in [2.24, 2.45) is 11.3 Å². The molecule has 0 aliphatic carbocycles. The van der Waals surface area contributed by atoms with Crippen molar-refractivity contribution in [3.63, 3.8) is 0 Å². The Hall–Kier alpha value is -0.273. The lowest BCUT2D eigenvalue weighted by Crippen LogP contribution is -2.40. The van der Waals surface area contributed by atoms with Crippen LogP contribution in [0.4, 0.5) is 0 Å². The number of rotatable bonds is 13. The van der Waals surface area contributed by atoms with E-state index in [0.29, 0.717) is 0 Å². The predicted octanol–water partition coefficient (Wildman–Crippen LogP) is 6.92. The molecule has 0 radical (unpaired) electrons. The summed E-state index contributed by atoms with van der Waals surface area (Å²) in [5, 5.41) is 0.216. The fourth-order valence-corrected chi connectivity index (χ4v) is 4.77. The van der Waals surface area contributed by atoms with Crippen LogP contribution in [0, 0.1) is 11.3 Å². The molecule has 28 heavy (non-hydrogen) atoms. The Morgan fingerprint density at radius 2 is 1.75 bits per heavy atom. The van der Waals surface area contributed by atoms with Gasteiger partial charge in [0.1, 0.15) is 12.1 Å². The van der Waals surface area contributed by atoms with Crippen molar-refractivity contribution in [1.29, 1.82) is 0 Å². The SMILES string of the molecule is CC(=O)[C@H](CCI)[C@](C)(/C=C/CCO[Si](C)(C)C(C)(C)C)CC/C=C(\C)C=O. The summed E-state index contributed by atoms with van der Waals surface area (Å²) in [4.78, 5) is 23.2. The van der Waals surface area contributed by atoms with Crippen molar-refractivity contribution in [1.82, 2.24) is 0 Å². The van der Waals surface area contributed by atoms with Gasteiger partial charge in [-0.2, -0.15) is 0 Å². The maximum atomic E-state index is 12.3. The molecule has 0 unspecified atom stereocenters. The number of hydrogen-bond donors (Lipinski definition) is 0. The van der Waals surface area contributed by atoms with Crippen molar-refractivity contribution in [2.75, 3.05) is 11.0 Å². The Morgan fingerprint density at radius 3 is 2.21 bits per heavy atom. The lowest BCUT2D eigenvalue weighted by molar-refractivity contribution is -0.123. The van der Waals surface area contributed by atoms with Crippen LogP contribution in [0.15, 0.2) is 23.8 Å². The van der Waals surface area contributed by atoms with Crippen LogP contribution in [0.1, 0.15) is 67.2 Å². The number of allylic oxidation sites excluding steroid dienone is 3. The number of carbonyl (C=O) groups excluding carboxylic acids is 2. The van der Waals surface area contributed by atoms with Gasteiger partial charge in [-0.3, -0.25) is 9.59 Å². The third kappa shape index (κ3) is 9.48. The summed E-state index contributed by atoms with van der Waals surface area (Å²) < 4.78 is 7.22. The Bertz CT molecular complexity index is 561. The fourth-order valence-electron chi connectivity index (χ4n) is 3.09. The molecule has 0 fully saturated rings. The molecule has 2 atom stereocenters. The van der Waals surface area contributed by atoms with Gasteiger partial charge in [-0.05, 0) is 68.7 Å². The zero-order chi connectivity index (χ0) is 22.0. The quantitative estimate of drug-likeness (QED) is 0.0504. The molecule has 0 spiro atoms. The Kier molecular flexibility index (Phi) is 12.3. The first-order valence-corrected chi connectivity index (χ1v) is 14.7. The molecule has 0 N–H and O–H groups in total. The van der Waals surface area contributed by atoms with Crippen LogP contribution >= 0.6 is 22.6 Å². The summed E-state index contributed by atoms with van der Waals surface area (Å²) in [7, 11) is -1.72. The minimum Gasteiger partial charge on any atom is -0.417 e. The van der Waals surface area contributed by atoms with Crippen LogP contribution < -0.4 is 0 Å². The number of hydrogen-bond acceptors (Lipinski definition) is 3. The molecular weight excluding hydrogens is 479 g/mol. The van der Waals surface area contributed by atoms with Crippen LogP contribution in [-0.2, 0) is 14.0 Å². The van der Waals surface area contributed by atoms with Crippen molar-refractivity contribution >= 4 is 43.0 Å². The van der Waals surface area contributed by atoms with Gasteiger partial charge in [0, 0.05) is 17.0 Å². The molecule has 162 valence electrons. The average molecular weight is 521 g/mol. The number of aldehydes is 1. The van der Waals surface area contributed by atoms with Crippen molar-refractivity contribution in [3.05, 3.63) is 23.8 Å². The van der Waals surface area contributed by atoms with Gasteiger partial charge in [0.05, 0.1) is 0 Å². The van der Waals surface area contributed by atoms with E-state index in [4.69, 9.17) is 4.43 Å². The van der Waals surface area contributed by atoms with E-state index in [2.05, 4.69) is 75.5 Å². The zero-order valence-electron chi connectivity index (χ0n) is 19.2. The molecule has 5 heteroatoms. The number of ketones is 1. The van der Waals surface area contributed by atoms with E-state index in [9.17, 15) is 9.59 Å². The monoisotopic (exact) mass is 520 g/mol. The Morgan fingerprint density at radius 1 is 1.14 bits per heavy atom. The molecule has 0 aromatic rings. The molecule has 0 aliphatic heterocycles. The largest absolute Gasteiger partial charge is 0.417 e. The minimum atomic E-state index is -1.72. The van der Waals surface area contributed by atoms with E-state index in [0.717, 1.165) is 48.6 Å². The maximum Gasteiger partial charge on any atom is 0.191 e. The lowest BCUT2D eigenvalue weighted by Gasteiger charge is -2.36. The lowest BCUT2D eigenvalue weighted by atomic mass is 9.70. The second-order valence-electron chi connectivity index (χ2n) is 9.55. The Labute approximate surface area is 188 Å². The normalized spacial score (nSPS) is 16.8. The topological polar surface area (TPSA) is 43.4 Å². The molecule has 0 aromatic heterocycles. The second kappa shape index (κ2) is 12.4. The molecular formula is C23H41IO3Si. The summed E-state index contributed by atoms with van der Waals surface area (Å²) in [5.41, 5.74) is 0.551. The second-order valence-corrected chi connectivity index (χ2v) is 15.4. The molecule has 0 aromatic carbocycles. The molecule has 0 saturated carbocycles. The van der Waals surface area contributed by atoms with Crippen molar-refractivity contribution < 1.29 is 14.0 Å². The standard InChI is InChI=1S/C23H41IO3Si/c1-19(18-25)12-11-15-23(6,21(13-16-24)20(2)26)14-9-10-17-27-28(7,8)22(3,4)5/h9,12,14,18,21H,10-11,13,15-17H2,1-8H3/b14-9+,19-12+/t21-,23+/m0/s1. The van der Waals surface area contributed by atoms with E-state index >= 15 is 0 Å². The predicted molar refractivity (Wildman–Crippen MR) is 132 cm³/mol. The van der Waals surface area contributed by atoms with Gasteiger partial charge < -0.3 is 4.43 Å².